The lowest BCUT2D eigenvalue weighted by Crippen LogP contribution is -2.25. The molecule has 0 aliphatic carbocycles. The van der Waals surface area contributed by atoms with Gasteiger partial charge < -0.3 is 10.2 Å². The fraction of sp³-hybridized carbons (Fsp3) is 0.500. The van der Waals surface area contributed by atoms with Gasteiger partial charge >= 0.3 is 0 Å². The van der Waals surface area contributed by atoms with E-state index >= 15 is 0 Å². The maximum absolute atomic E-state index is 4.59. The van der Waals surface area contributed by atoms with Crippen LogP contribution in [0.2, 0.25) is 0 Å². The van der Waals surface area contributed by atoms with E-state index in [1.54, 1.807) is 23.1 Å². The third kappa shape index (κ3) is 4.57. The monoisotopic (exact) mass is 323 g/mol. The van der Waals surface area contributed by atoms with Crippen molar-refractivity contribution in [2.75, 3.05) is 29.9 Å². The Bertz CT molecular complexity index is 540. The smallest absolute Gasteiger partial charge is 0.231 e. The van der Waals surface area contributed by atoms with Gasteiger partial charge in [-0.1, -0.05) is 13.0 Å². The number of nitrogens with one attached hydrogen (secondary N) is 1. The third-order valence-electron chi connectivity index (χ3n) is 2.87. The Labute approximate surface area is 134 Å². The van der Waals surface area contributed by atoms with Crippen LogP contribution in [0.5, 0.6) is 0 Å². The number of anilines is 2. The van der Waals surface area contributed by atoms with Crippen LogP contribution in [0, 0.1) is 0 Å². The van der Waals surface area contributed by atoms with Crippen molar-refractivity contribution in [3.05, 3.63) is 17.5 Å². The first-order valence-corrected chi connectivity index (χ1v) is 8.92. The Kier molecular flexibility index (Phi) is 6.25. The summed E-state index contributed by atoms with van der Waals surface area (Å²) < 4.78 is 1.19. The molecule has 2 aromatic rings. The fourth-order valence-electron chi connectivity index (χ4n) is 1.77. The molecular weight excluding hydrogens is 302 g/mol. The Morgan fingerprint density at radius 2 is 2.00 bits per heavy atom. The predicted octanol–water partition coefficient (Wildman–Crippen LogP) is 3.75. The van der Waals surface area contributed by atoms with E-state index in [2.05, 4.69) is 57.4 Å². The van der Waals surface area contributed by atoms with Crippen LogP contribution in [-0.2, 0) is 0 Å². The van der Waals surface area contributed by atoms with Gasteiger partial charge in [-0.3, -0.25) is 0 Å². The zero-order valence-corrected chi connectivity index (χ0v) is 14.3. The average molecular weight is 323 g/mol. The van der Waals surface area contributed by atoms with Gasteiger partial charge in [-0.15, -0.1) is 11.3 Å². The van der Waals surface area contributed by atoms with Crippen LogP contribution in [0.4, 0.5) is 11.9 Å². The first kappa shape index (κ1) is 16.0. The van der Waals surface area contributed by atoms with Gasteiger partial charge in [0.2, 0.25) is 11.9 Å². The summed E-state index contributed by atoms with van der Waals surface area (Å²) in [6.07, 6.45) is 1.04. The lowest BCUT2D eigenvalue weighted by Gasteiger charge is -2.19. The van der Waals surface area contributed by atoms with Crippen LogP contribution < -0.4 is 10.2 Å². The summed E-state index contributed by atoms with van der Waals surface area (Å²) in [5.41, 5.74) is 0. The number of thiophene rings is 1. The van der Waals surface area contributed by atoms with Crippen molar-refractivity contribution in [3.63, 3.8) is 0 Å². The van der Waals surface area contributed by atoms with Gasteiger partial charge in [-0.05, 0) is 43.5 Å². The molecule has 0 saturated carbocycles. The van der Waals surface area contributed by atoms with Gasteiger partial charge in [0.25, 0.3) is 0 Å². The molecule has 0 amide bonds. The molecule has 2 aromatic heterocycles. The van der Waals surface area contributed by atoms with Crippen molar-refractivity contribution in [1.29, 1.82) is 0 Å². The highest BCUT2D eigenvalue weighted by molar-refractivity contribution is 8.01. The molecule has 21 heavy (non-hydrogen) atoms. The molecule has 0 saturated heterocycles. The van der Waals surface area contributed by atoms with Crippen molar-refractivity contribution in [1.82, 2.24) is 15.0 Å². The van der Waals surface area contributed by atoms with Gasteiger partial charge in [0.05, 0.1) is 4.21 Å². The first-order chi connectivity index (χ1) is 10.3. The Morgan fingerprint density at radius 3 is 2.62 bits per heavy atom. The van der Waals surface area contributed by atoms with Crippen LogP contribution >= 0.6 is 23.1 Å². The SMILES string of the molecule is CCCNc1nc(Sc2cccs2)nc(N(CC)CC)n1. The normalized spacial score (nSPS) is 10.6. The van der Waals surface area contributed by atoms with Crippen molar-refractivity contribution < 1.29 is 0 Å². The maximum atomic E-state index is 4.59. The van der Waals surface area contributed by atoms with Crippen LogP contribution in [0.15, 0.2) is 26.9 Å². The molecule has 7 heteroatoms. The van der Waals surface area contributed by atoms with Crippen LogP contribution in [0.3, 0.4) is 0 Å². The number of nitrogens with zero attached hydrogens (tertiary/aromatic N) is 4. The van der Waals surface area contributed by atoms with E-state index in [0.29, 0.717) is 5.95 Å². The summed E-state index contributed by atoms with van der Waals surface area (Å²) in [6, 6.07) is 4.12. The number of rotatable bonds is 8. The van der Waals surface area contributed by atoms with E-state index in [4.69, 9.17) is 0 Å². The minimum Gasteiger partial charge on any atom is -0.354 e. The third-order valence-corrected chi connectivity index (χ3v) is 4.77. The summed E-state index contributed by atoms with van der Waals surface area (Å²) in [5.74, 6) is 1.40. The zero-order chi connectivity index (χ0) is 15.1. The van der Waals surface area contributed by atoms with Gasteiger partial charge in [-0.2, -0.15) is 15.0 Å². The van der Waals surface area contributed by atoms with Crippen LogP contribution in [0.25, 0.3) is 0 Å². The highest BCUT2D eigenvalue weighted by atomic mass is 32.2. The quantitative estimate of drug-likeness (QED) is 0.798. The van der Waals surface area contributed by atoms with Gasteiger partial charge in [0.1, 0.15) is 0 Å². The van der Waals surface area contributed by atoms with E-state index in [0.717, 1.165) is 37.2 Å². The summed E-state index contributed by atoms with van der Waals surface area (Å²) in [7, 11) is 0. The molecule has 0 fully saturated rings. The molecular formula is C14H21N5S2. The summed E-state index contributed by atoms with van der Waals surface area (Å²) >= 11 is 3.28. The summed E-state index contributed by atoms with van der Waals surface area (Å²) in [4.78, 5) is 15.8. The molecule has 2 rings (SSSR count). The molecule has 0 atom stereocenters. The van der Waals surface area contributed by atoms with Crippen molar-refractivity contribution in [2.24, 2.45) is 0 Å². The number of hydrogen-bond acceptors (Lipinski definition) is 7. The van der Waals surface area contributed by atoms with Gasteiger partial charge in [-0.25, -0.2) is 0 Å². The minimum atomic E-state index is 0.660. The molecule has 0 aliphatic rings. The largest absolute Gasteiger partial charge is 0.354 e. The second-order valence-corrected chi connectivity index (χ2v) is 6.59. The van der Waals surface area contributed by atoms with E-state index in [1.807, 2.05) is 6.07 Å². The lowest BCUT2D eigenvalue weighted by atomic mass is 10.5. The van der Waals surface area contributed by atoms with Crippen LogP contribution in [0.1, 0.15) is 27.2 Å². The van der Waals surface area contributed by atoms with Crippen molar-refractivity contribution >= 4 is 35.0 Å². The Morgan fingerprint density at radius 1 is 1.19 bits per heavy atom. The van der Waals surface area contributed by atoms with E-state index < -0.39 is 0 Å². The molecule has 2 heterocycles. The van der Waals surface area contributed by atoms with E-state index in [1.165, 1.54) is 4.21 Å². The highest BCUT2D eigenvalue weighted by Crippen LogP contribution is 2.30. The number of aromatic nitrogens is 3. The van der Waals surface area contributed by atoms with Gasteiger partial charge in [0.15, 0.2) is 5.16 Å². The first-order valence-electron chi connectivity index (χ1n) is 7.23. The summed E-state index contributed by atoms with van der Waals surface area (Å²) in [5, 5.41) is 6.06. The van der Waals surface area contributed by atoms with E-state index in [-0.39, 0.29) is 0 Å². The molecule has 0 bridgehead atoms. The molecule has 5 nitrogen and oxygen atoms in total. The second kappa shape index (κ2) is 8.19. The topological polar surface area (TPSA) is 53.9 Å². The molecule has 0 radical (unpaired) electrons. The lowest BCUT2D eigenvalue weighted by molar-refractivity contribution is 0.780. The Balaban J connectivity index is 2.27. The maximum Gasteiger partial charge on any atom is 0.231 e. The Hall–Kier alpha value is -1.34. The number of hydrogen-bond donors (Lipinski definition) is 1. The van der Waals surface area contributed by atoms with E-state index in [9.17, 15) is 0 Å². The second-order valence-electron chi connectivity index (χ2n) is 4.37. The van der Waals surface area contributed by atoms with Crippen LogP contribution in [-0.4, -0.2) is 34.6 Å². The van der Waals surface area contributed by atoms with Crippen molar-refractivity contribution in [3.8, 4) is 0 Å². The molecule has 0 unspecified atom stereocenters. The standard InChI is InChI=1S/C14H21N5S2/c1-4-9-15-12-16-13(19(5-2)6-3)18-14(17-12)21-11-8-7-10-20-11/h7-8,10H,4-6,9H2,1-3H3,(H,15,16,17,18). The highest BCUT2D eigenvalue weighted by Gasteiger charge is 2.12. The fourth-order valence-corrected chi connectivity index (χ4v) is 3.38. The van der Waals surface area contributed by atoms with Crippen molar-refractivity contribution in [2.45, 2.75) is 36.6 Å². The molecule has 114 valence electrons. The summed E-state index contributed by atoms with van der Waals surface area (Å²) in [6.45, 7) is 8.98. The molecule has 0 spiro atoms. The molecule has 0 aliphatic heterocycles. The average Bonchev–Trinajstić information content (AvgIpc) is 2.99. The molecule has 1 N–H and O–H groups in total. The predicted molar refractivity (Wildman–Crippen MR) is 90.6 cm³/mol. The minimum absolute atomic E-state index is 0.660. The molecule has 0 aromatic carbocycles. The van der Waals surface area contributed by atoms with Gasteiger partial charge in [0, 0.05) is 19.6 Å². The zero-order valence-electron chi connectivity index (χ0n) is 12.7.